The van der Waals surface area contributed by atoms with Crippen molar-refractivity contribution in [1.29, 1.82) is 0 Å². The lowest BCUT2D eigenvalue weighted by atomic mass is 10.0. The zero-order valence-corrected chi connectivity index (χ0v) is 11.4. The fourth-order valence-corrected chi connectivity index (χ4v) is 2.45. The first-order valence-corrected chi connectivity index (χ1v) is 6.25. The van der Waals surface area contributed by atoms with Crippen LogP contribution in [0.5, 0.6) is 11.5 Å². The van der Waals surface area contributed by atoms with Gasteiger partial charge in [0.15, 0.2) is 4.47 Å². The first-order valence-electron chi connectivity index (χ1n) is 4.99. The third-order valence-corrected chi connectivity index (χ3v) is 3.44. The highest BCUT2D eigenvalue weighted by Crippen LogP contribution is 2.37. The molecule has 0 saturated heterocycles. The molecule has 0 fully saturated rings. The van der Waals surface area contributed by atoms with E-state index in [0.717, 1.165) is 28.3 Å². The molecule has 2 rings (SSSR count). The minimum Gasteiger partial charge on any atom is -0.497 e. The SMILES string of the molecule is COc1cc(C)c(-c2csc(Cl)n2)c(OC)c1. The van der Waals surface area contributed by atoms with Crippen LogP contribution in [0.25, 0.3) is 11.3 Å². The molecule has 0 atom stereocenters. The predicted molar refractivity (Wildman–Crippen MR) is 70.4 cm³/mol. The van der Waals surface area contributed by atoms with Gasteiger partial charge in [0, 0.05) is 17.0 Å². The Kier molecular flexibility index (Phi) is 3.54. The van der Waals surface area contributed by atoms with E-state index in [2.05, 4.69) is 4.98 Å². The fourth-order valence-electron chi connectivity index (χ4n) is 1.70. The number of aromatic nitrogens is 1. The van der Waals surface area contributed by atoms with E-state index in [-0.39, 0.29) is 0 Å². The molecule has 0 aliphatic heterocycles. The van der Waals surface area contributed by atoms with Crippen LogP contribution in [0.1, 0.15) is 5.56 Å². The van der Waals surface area contributed by atoms with Gasteiger partial charge >= 0.3 is 0 Å². The Bertz CT molecular complexity index is 539. The molecular weight excluding hydrogens is 258 g/mol. The van der Waals surface area contributed by atoms with Crippen LogP contribution in [0.4, 0.5) is 0 Å². The molecule has 90 valence electrons. The predicted octanol–water partition coefficient (Wildman–Crippen LogP) is 3.79. The maximum atomic E-state index is 5.86. The first-order chi connectivity index (χ1) is 8.15. The molecule has 3 nitrogen and oxygen atoms in total. The van der Waals surface area contributed by atoms with E-state index >= 15 is 0 Å². The van der Waals surface area contributed by atoms with Gasteiger partial charge in [-0.3, -0.25) is 0 Å². The molecule has 0 aliphatic rings. The summed E-state index contributed by atoms with van der Waals surface area (Å²) in [5.74, 6) is 1.51. The molecule has 2 aromatic rings. The van der Waals surface area contributed by atoms with Crippen LogP contribution in [0, 0.1) is 6.92 Å². The average Bonchev–Trinajstić information content (AvgIpc) is 2.74. The van der Waals surface area contributed by atoms with Gasteiger partial charge in [-0.05, 0) is 18.6 Å². The van der Waals surface area contributed by atoms with Gasteiger partial charge in [0.25, 0.3) is 0 Å². The van der Waals surface area contributed by atoms with E-state index in [1.165, 1.54) is 11.3 Å². The molecule has 1 aromatic heterocycles. The van der Waals surface area contributed by atoms with Crippen LogP contribution in [0.3, 0.4) is 0 Å². The van der Waals surface area contributed by atoms with Crippen LogP contribution in [-0.4, -0.2) is 19.2 Å². The smallest absolute Gasteiger partial charge is 0.184 e. The molecule has 5 heteroatoms. The second-order valence-electron chi connectivity index (χ2n) is 3.51. The molecule has 17 heavy (non-hydrogen) atoms. The summed E-state index contributed by atoms with van der Waals surface area (Å²) in [6.45, 7) is 1.99. The molecule has 1 aromatic carbocycles. The summed E-state index contributed by atoms with van der Waals surface area (Å²) >= 11 is 7.26. The monoisotopic (exact) mass is 269 g/mol. The molecule has 0 radical (unpaired) electrons. The highest BCUT2D eigenvalue weighted by atomic mass is 35.5. The van der Waals surface area contributed by atoms with Gasteiger partial charge in [0.05, 0.1) is 19.9 Å². The zero-order chi connectivity index (χ0) is 12.4. The average molecular weight is 270 g/mol. The second-order valence-corrected chi connectivity index (χ2v) is 4.95. The van der Waals surface area contributed by atoms with Gasteiger partial charge in [-0.25, -0.2) is 4.98 Å². The highest BCUT2D eigenvalue weighted by Gasteiger charge is 2.14. The Morgan fingerprint density at radius 3 is 2.53 bits per heavy atom. The quantitative estimate of drug-likeness (QED) is 0.850. The van der Waals surface area contributed by atoms with Gasteiger partial charge in [-0.15, -0.1) is 11.3 Å². The Hall–Kier alpha value is -1.26. The van der Waals surface area contributed by atoms with Crippen molar-refractivity contribution in [3.05, 3.63) is 27.5 Å². The summed E-state index contributed by atoms with van der Waals surface area (Å²) in [5.41, 5.74) is 2.83. The summed E-state index contributed by atoms with van der Waals surface area (Å²) in [4.78, 5) is 4.27. The van der Waals surface area contributed by atoms with Crippen molar-refractivity contribution in [2.24, 2.45) is 0 Å². The topological polar surface area (TPSA) is 31.4 Å². The molecule has 0 saturated carbocycles. The van der Waals surface area contributed by atoms with Crippen molar-refractivity contribution in [2.75, 3.05) is 14.2 Å². The molecule has 0 unspecified atom stereocenters. The molecule has 0 aliphatic carbocycles. The Labute approximate surface area is 109 Å². The van der Waals surface area contributed by atoms with E-state index < -0.39 is 0 Å². The minimum atomic E-state index is 0.525. The van der Waals surface area contributed by atoms with Gasteiger partial charge in [0.2, 0.25) is 0 Å². The molecule has 0 N–H and O–H groups in total. The third-order valence-electron chi connectivity index (χ3n) is 2.46. The largest absolute Gasteiger partial charge is 0.497 e. The Balaban J connectivity index is 2.60. The van der Waals surface area contributed by atoms with Crippen molar-refractivity contribution in [3.63, 3.8) is 0 Å². The molecule has 1 heterocycles. The van der Waals surface area contributed by atoms with Gasteiger partial charge in [-0.2, -0.15) is 0 Å². The Morgan fingerprint density at radius 2 is 2.00 bits per heavy atom. The number of methoxy groups -OCH3 is 2. The molecule has 0 bridgehead atoms. The third kappa shape index (κ3) is 2.37. The van der Waals surface area contributed by atoms with Gasteiger partial charge in [-0.1, -0.05) is 11.6 Å². The number of hydrogen-bond donors (Lipinski definition) is 0. The summed E-state index contributed by atoms with van der Waals surface area (Å²) in [5, 5.41) is 1.92. The van der Waals surface area contributed by atoms with Gasteiger partial charge < -0.3 is 9.47 Å². The number of hydrogen-bond acceptors (Lipinski definition) is 4. The normalized spacial score (nSPS) is 10.4. The van der Waals surface area contributed by atoms with Crippen molar-refractivity contribution >= 4 is 22.9 Å². The van der Waals surface area contributed by atoms with Crippen LogP contribution in [0.15, 0.2) is 17.5 Å². The Morgan fingerprint density at radius 1 is 1.24 bits per heavy atom. The summed E-state index contributed by atoms with van der Waals surface area (Å²) in [6, 6.07) is 3.79. The number of ether oxygens (including phenoxy) is 2. The maximum Gasteiger partial charge on any atom is 0.184 e. The molecule has 0 spiro atoms. The molecule has 0 amide bonds. The van der Waals surface area contributed by atoms with Crippen LogP contribution in [-0.2, 0) is 0 Å². The zero-order valence-electron chi connectivity index (χ0n) is 9.78. The lowest BCUT2D eigenvalue weighted by molar-refractivity contribution is 0.395. The van der Waals surface area contributed by atoms with E-state index in [9.17, 15) is 0 Å². The standard InChI is InChI=1S/C12H12ClNO2S/c1-7-4-8(15-2)5-10(16-3)11(7)9-6-17-12(13)14-9/h4-6H,1-3H3. The van der Waals surface area contributed by atoms with Crippen molar-refractivity contribution in [1.82, 2.24) is 4.98 Å². The first kappa shape index (κ1) is 12.2. The number of nitrogens with zero attached hydrogens (tertiary/aromatic N) is 1. The second kappa shape index (κ2) is 4.94. The van der Waals surface area contributed by atoms with E-state index in [0.29, 0.717) is 4.47 Å². The summed E-state index contributed by atoms with van der Waals surface area (Å²) < 4.78 is 11.1. The van der Waals surface area contributed by atoms with Crippen LogP contribution < -0.4 is 9.47 Å². The van der Waals surface area contributed by atoms with Crippen molar-refractivity contribution < 1.29 is 9.47 Å². The maximum absolute atomic E-state index is 5.86. The fraction of sp³-hybridized carbons (Fsp3) is 0.250. The number of rotatable bonds is 3. The van der Waals surface area contributed by atoms with E-state index in [4.69, 9.17) is 21.1 Å². The summed E-state index contributed by atoms with van der Waals surface area (Å²) in [6.07, 6.45) is 0. The highest BCUT2D eigenvalue weighted by molar-refractivity contribution is 7.14. The number of thiazole rings is 1. The van der Waals surface area contributed by atoms with Crippen LogP contribution >= 0.6 is 22.9 Å². The number of benzene rings is 1. The molecular formula is C12H12ClNO2S. The number of halogens is 1. The van der Waals surface area contributed by atoms with Gasteiger partial charge in [0.1, 0.15) is 11.5 Å². The van der Waals surface area contributed by atoms with Crippen molar-refractivity contribution in [3.8, 4) is 22.8 Å². The lowest BCUT2D eigenvalue weighted by Crippen LogP contribution is -1.93. The summed E-state index contributed by atoms with van der Waals surface area (Å²) in [7, 11) is 3.26. The lowest BCUT2D eigenvalue weighted by Gasteiger charge is -2.11. The van der Waals surface area contributed by atoms with E-state index in [1.807, 2.05) is 24.4 Å². The number of aryl methyl sites for hydroxylation is 1. The minimum absolute atomic E-state index is 0.525. The van der Waals surface area contributed by atoms with E-state index in [1.54, 1.807) is 14.2 Å². The van der Waals surface area contributed by atoms with Crippen molar-refractivity contribution in [2.45, 2.75) is 6.92 Å². The van der Waals surface area contributed by atoms with Crippen LogP contribution in [0.2, 0.25) is 4.47 Å².